The van der Waals surface area contributed by atoms with E-state index < -0.39 is 57.5 Å². The first-order chi connectivity index (χ1) is 22.1. The Morgan fingerprint density at radius 2 is 1.15 bits per heavy atom. The summed E-state index contributed by atoms with van der Waals surface area (Å²) in [5.74, 6) is 0.482. The zero-order valence-electron chi connectivity index (χ0n) is 25.3. The molecule has 0 heterocycles. The Kier molecular flexibility index (Phi) is 20.1. The van der Waals surface area contributed by atoms with Gasteiger partial charge in [-0.15, -0.1) is 17.0 Å². The molecule has 0 aliphatic heterocycles. The molecule has 0 saturated carbocycles. The summed E-state index contributed by atoms with van der Waals surface area (Å²) in [4.78, 5) is 0. The molecular weight excluding hydrogens is 692 g/mol. The molecule has 0 fully saturated rings. The van der Waals surface area contributed by atoms with Gasteiger partial charge in [0.15, 0.2) is 0 Å². The number of benzene rings is 2. The van der Waals surface area contributed by atoms with Crippen LogP contribution in [0.1, 0.15) is 31.4 Å². The second-order valence-electron chi connectivity index (χ2n) is 9.65. The van der Waals surface area contributed by atoms with Gasteiger partial charge in [-0.2, -0.15) is 8.42 Å². The Morgan fingerprint density at radius 1 is 0.745 bits per heavy atom. The lowest BCUT2D eigenvalue weighted by Gasteiger charge is -2.15. The first kappa shape index (κ1) is 42.0. The minimum absolute atomic E-state index is 0.00874. The van der Waals surface area contributed by atoms with Crippen LogP contribution in [0, 0.1) is 0 Å². The molecule has 0 aromatic heterocycles. The average Bonchev–Trinajstić information content (AvgIpc) is 2.98. The number of hydrogen-bond donors (Lipinski definition) is 6. The molecule has 0 aliphatic carbocycles. The summed E-state index contributed by atoms with van der Waals surface area (Å²) < 4.78 is 83.1. The highest BCUT2D eigenvalue weighted by Gasteiger charge is 2.15. The number of rotatable bonds is 21. The van der Waals surface area contributed by atoms with E-state index in [1.807, 2.05) is 6.92 Å². The van der Waals surface area contributed by atoms with Gasteiger partial charge in [-0.05, 0) is 48.7 Å². The molecule has 20 heteroatoms. The minimum atomic E-state index is -4.40. The molecule has 4 atom stereocenters. The van der Waals surface area contributed by atoms with Gasteiger partial charge in [-0.1, -0.05) is 24.1 Å². The summed E-state index contributed by atoms with van der Waals surface area (Å²) in [6.07, 6.45) is 0.0741. The van der Waals surface area contributed by atoms with Crippen molar-refractivity contribution in [2.45, 2.75) is 44.7 Å². The third-order valence-corrected chi connectivity index (χ3v) is 6.79. The van der Waals surface area contributed by atoms with Gasteiger partial charge in [-0.3, -0.25) is 4.55 Å². The molecule has 4 unspecified atom stereocenters. The van der Waals surface area contributed by atoms with Crippen LogP contribution in [-0.2, 0) is 30.1 Å². The van der Waals surface area contributed by atoms with E-state index in [9.17, 15) is 28.8 Å². The lowest BCUT2D eigenvalue weighted by atomic mass is 10.1. The maximum Gasteiger partial charge on any atom is 0.425 e. The SMILES string of the molecule is CCC(O)COc1cc(/C=C/c2cc(OCC(C)O)cc(OCC(O)CS(=O)(=O)O)c2)cc(OCC(O)CSOOO)c1.O=S(=O)=O. The Hall–Kier alpha value is -3.02. The Bertz CT molecular complexity index is 1440. The van der Waals surface area contributed by atoms with Crippen molar-refractivity contribution >= 4 is 44.9 Å². The molecule has 0 aliphatic rings. The summed E-state index contributed by atoms with van der Waals surface area (Å²) in [7, 11) is -7.51. The van der Waals surface area contributed by atoms with Gasteiger partial charge in [-0.25, -0.2) is 5.26 Å². The Labute approximate surface area is 277 Å². The van der Waals surface area contributed by atoms with Crippen LogP contribution in [0.5, 0.6) is 23.0 Å². The summed E-state index contributed by atoms with van der Waals surface area (Å²) in [5.41, 5.74) is 1.21. The quantitative estimate of drug-likeness (QED) is 0.0263. The van der Waals surface area contributed by atoms with Gasteiger partial charge in [0, 0.05) is 24.2 Å². The van der Waals surface area contributed by atoms with E-state index in [4.69, 9.17) is 41.4 Å². The van der Waals surface area contributed by atoms with Crippen molar-refractivity contribution in [3.05, 3.63) is 47.5 Å². The van der Waals surface area contributed by atoms with Crippen LogP contribution < -0.4 is 18.9 Å². The molecule has 0 bridgehead atoms. The predicted octanol–water partition coefficient (Wildman–Crippen LogP) is 1.20. The molecule has 0 saturated heterocycles. The van der Waals surface area contributed by atoms with Crippen molar-refractivity contribution in [2.24, 2.45) is 0 Å². The van der Waals surface area contributed by atoms with Gasteiger partial charge in [0.1, 0.15) is 61.3 Å². The Morgan fingerprint density at radius 3 is 1.53 bits per heavy atom. The number of hydrogen-bond acceptors (Lipinski definition) is 17. The van der Waals surface area contributed by atoms with Gasteiger partial charge < -0.3 is 39.4 Å². The van der Waals surface area contributed by atoms with E-state index in [0.717, 1.165) is 0 Å². The number of aliphatic hydroxyl groups excluding tert-OH is 4. The zero-order valence-corrected chi connectivity index (χ0v) is 27.7. The largest absolute Gasteiger partial charge is 0.491 e. The lowest BCUT2D eigenvalue weighted by molar-refractivity contribution is -0.432. The third-order valence-electron chi connectivity index (χ3n) is 5.30. The van der Waals surface area contributed by atoms with Crippen LogP contribution in [-0.4, -0.2) is 114 Å². The van der Waals surface area contributed by atoms with Crippen molar-refractivity contribution in [1.82, 2.24) is 0 Å². The summed E-state index contributed by atoms with van der Waals surface area (Å²) >= 11 is 0.685. The number of ether oxygens (including phenoxy) is 4. The lowest BCUT2D eigenvalue weighted by Crippen LogP contribution is -2.26. The van der Waals surface area contributed by atoms with E-state index in [2.05, 4.69) is 9.37 Å². The molecular formula is C27H38O17S3. The fourth-order valence-electron chi connectivity index (χ4n) is 3.28. The van der Waals surface area contributed by atoms with Crippen LogP contribution in [0.4, 0.5) is 0 Å². The molecule has 0 amide bonds. The first-order valence-electron chi connectivity index (χ1n) is 13.6. The molecule has 6 N–H and O–H groups in total. The van der Waals surface area contributed by atoms with Gasteiger partial charge in [0.25, 0.3) is 10.1 Å². The molecule has 2 rings (SSSR count). The van der Waals surface area contributed by atoms with Crippen LogP contribution >= 0.6 is 12.0 Å². The number of aliphatic hydroxyl groups is 4. The van der Waals surface area contributed by atoms with Gasteiger partial charge >= 0.3 is 10.6 Å². The predicted molar refractivity (Wildman–Crippen MR) is 167 cm³/mol. The van der Waals surface area contributed by atoms with Crippen LogP contribution in [0.2, 0.25) is 0 Å². The second kappa shape index (κ2) is 22.5. The standard InChI is InChI=1S/C27H38O14S2.O3S/c1-3-21(29)13-37-25-7-20(8-26(11-25)38-14-22(30)16-42-41-40-32)5-4-19-6-24(36-12-18(2)28)10-27(9-19)39-15-23(31)17-43(33,34)35;1-4(2)3/h4-11,18,21-23,28-32H,3,12-17H2,1-2H3,(H,33,34,35);/b5-4+;. The fraction of sp³-hybridized carbons (Fsp3) is 0.481. The van der Waals surface area contributed by atoms with E-state index in [-0.39, 0.29) is 31.3 Å². The van der Waals surface area contributed by atoms with E-state index in [1.54, 1.807) is 49.4 Å². The van der Waals surface area contributed by atoms with Crippen LogP contribution in [0.25, 0.3) is 12.2 Å². The van der Waals surface area contributed by atoms with Crippen molar-refractivity contribution in [3.8, 4) is 23.0 Å². The average molecular weight is 731 g/mol. The highest BCUT2D eigenvalue weighted by atomic mass is 32.2. The second-order valence-corrected chi connectivity index (χ2v) is 12.3. The summed E-state index contributed by atoms with van der Waals surface area (Å²) in [6.45, 7) is 2.88. The fourth-order valence-corrected chi connectivity index (χ4v) is 4.22. The van der Waals surface area contributed by atoms with Gasteiger partial charge in [0.2, 0.25) is 0 Å². The van der Waals surface area contributed by atoms with Crippen molar-refractivity contribution < 1.29 is 79.6 Å². The van der Waals surface area contributed by atoms with Crippen LogP contribution in [0.15, 0.2) is 36.4 Å². The summed E-state index contributed by atoms with van der Waals surface area (Å²) in [6, 6.07) is 9.77. The van der Waals surface area contributed by atoms with Crippen LogP contribution in [0.3, 0.4) is 0 Å². The maximum atomic E-state index is 11.0. The highest BCUT2D eigenvalue weighted by Crippen LogP contribution is 2.28. The van der Waals surface area contributed by atoms with E-state index in [1.165, 1.54) is 6.07 Å². The molecule has 17 nitrogen and oxygen atoms in total. The smallest absolute Gasteiger partial charge is 0.425 e. The molecule has 2 aromatic carbocycles. The highest BCUT2D eigenvalue weighted by molar-refractivity contribution is 7.94. The Balaban J connectivity index is 0.00000260. The van der Waals surface area contributed by atoms with Crippen molar-refractivity contribution in [2.75, 3.05) is 37.9 Å². The van der Waals surface area contributed by atoms with Crippen molar-refractivity contribution in [1.29, 1.82) is 0 Å². The maximum absolute atomic E-state index is 11.0. The molecule has 2 aromatic rings. The summed E-state index contributed by atoms with van der Waals surface area (Å²) in [5, 5.41) is 51.1. The molecule has 0 spiro atoms. The third kappa shape index (κ3) is 21.5. The molecule has 266 valence electrons. The van der Waals surface area contributed by atoms with E-state index in [0.29, 0.717) is 46.8 Å². The molecule has 47 heavy (non-hydrogen) atoms. The topological polar surface area (TPSA) is 262 Å². The van der Waals surface area contributed by atoms with E-state index >= 15 is 0 Å². The minimum Gasteiger partial charge on any atom is -0.491 e. The monoisotopic (exact) mass is 730 g/mol. The molecule has 0 radical (unpaired) electrons. The van der Waals surface area contributed by atoms with Crippen molar-refractivity contribution in [3.63, 3.8) is 0 Å². The normalized spacial score (nSPS) is 14.0. The van der Waals surface area contributed by atoms with Gasteiger partial charge in [0.05, 0.1) is 24.1 Å². The zero-order chi connectivity index (χ0) is 35.4. The first-order valence-corrected chi connectivity index (χ1v) is 17.1.